The van der Waals surface area contributed by atoms with Crippen LogP contribution >= 0.6 is 0 Å². The van der Waals surface area contributed by atoms with E-state index in [-0.39, 0.29) is 12.6 Å². The molecule has 0 radical (unpaired) electrons. The van der Waals surface area contributed by atoms with Gasteiger partial charge in [-0.25, -0.2) is 8.42 Å². The Kier molecular flexibility index (Phi) is 4.83. The van der Waals surface area contributed by atoms with Crippen LogP contribution in [0.1, 0.15) is 36.8 Å². The van der Waals surface area contributed by atoms with Gasteiger partial charge in [0, 0.05) is 12.6 Å². The zero-order chi connectivity index (χ0) is 14.8. The molecule has 1 aliphatic heterocycles. The first-order valence-corrected chi connectivity index (χ1v) is 8.60. The average Bonchev–Trinajstić information content (AvgIpc) is 2.62. The van der Waals surface area contributed by atoms with Crippen LogP contribution in [0.25, 0.3) is 0 Å². The van der Waals surface area contributed by atoms with Crippen molar-refractivity contribution in [1.82, 2.24) is 4.31 Å². The van der Waals surface area contributed by atoms with E-state index in [4.69, 9.17) is 0 Å². The summed E-state index contributed by atoms with van der Waals surface area (Å²) in [6.07, 6.45) is 3.60. The van der Waals surface area contributed by atoms with E-state index in [9.17, 15) is 13.5 Å². The molecule has 1 saturated heterocycles. The highest BCUT2D eigenvalue weighted by Gasteiger charge is 2.32. The van der Waals surface area contributed by atoms with Gasteiger partial charge in [-0.3, -0.25) is 0 Å². The molecule has 1 heterocycles. The quantitative estimate of drug-likeness (QED) is 0.931. The van der Waals surface area contributed by atoms with Crippen molar-refractivity contribution in [2.45, 2.75) is 50.5 Å². The fraction of sp³-hybridized carbons (Fsp3) is 0.600. The van der Waals surface area contributed by atoms with E-state index < -0.39 is 10.0 Å². The van der Waals surface area contributed by atoms with Crippen LogP contribution in [0, 0.1) is 13.8 Å². The zero-order valence-corrected chi connectivity index (χ0v) is 13.0. The van der Waals surface area contributed by atoms with E-state index in [0.717, 1.165) is 36.8 Å². The summed E-state index contributed by atoms with van der Waals surface area (Å²) in [6.45, 7) is 4.19. The molecular weight excluding hydrogens is 274 g/mol. The van der Waals surface area contributed by atoms with Crippen molar-refractivity contribution in [3.63, 3.8) is 0 Å². The number of hydrogen-bond donors (Lipinski definition) is 1. The van der Waals surface area contributed by atoms with Gasteiger partial charge in [-0.05, 0) is 49.9 Å². The van der Waals surface area contributed by atoms with Crippen LogP contribution in [-0.2, 0) is 10.0 Å². The zero-order valence-electron chi connectivity index (χ0n) is 12.2. The number of aliphatic hydroxyl groups excluding tert-OH is 1. The van der Waals surface area contributed by atoms with Crippen LogP contribution in [0.15, 0.2) is 23.1 Å². The number of hydrogen-bond acceptors (Lipinski definition) is 3. The molecule has 2 rings (SSSR count). The molecule has 0 aliphatic carbocycles. The summed E-state index contributed by atoms with van der Waals surface area (Å²) in [5, 5.41) is 9.50. The van der Waals surface area contributed by atoms with Crippen LogP contribution in [0.4, 0.5) is 0 Å². The number of aryl methyl sites for hydroxylation is 2. The van der Waals surface area contributed by atoms with Crippen molar-refractivity contribution < 1.29 is 13.5 Å². The molecule has 4 nitrogen and oxygen atoms in total. The third kappa shape index (κ3) is 3.22. The van der Waals surface area contributed by atoms with Gasteiger partial charge in [-0.1, -0.05) is 18.9 Å². The molecule has 0 saturated carbocycles. The average molecular weight is 297 g/mol. The molecule has 1 aromatic carbocycles. The Morgan fingerprint density at radius 1 is 1.15 bits per heavy atom. The highest BCUT2D eigenvalue weighted by molar-refractivity contribution is 7.89. The van der Waals surface area contributed by atoms with Gasteiger partial charge in [0.2, 0.25) is 10.0 Å². The molecule has 0 amide bonds. The number of sulfonamides is 1. The summed E-state index contributed by atoms with van der Waals surface area (Å²) in [6, 6.07) is 5.09. The van der Waals surface area contributed by atoms with Gasteiger partial charge in [-0.15, -0.1) is 0 Å². The summed E-state index contributed by atoms with van der Waals surface area (Å²) in [7, 11) is -3.52. The lowest BCUT2D eigenvalue weighted by molar-refractivity contribution is 0.186. The molecule has 5 heteroatoms. The van der Waals surface area contributed by atoms with Crippen molar-refractivity contribution in [2.24, 2.45) is 0 Å². The van der Waals surface area contributed by atoms with Gasteiger partial charge < -0.3 is 5.11 Å². The minimum Gasteiger partial charge on any atom is -0.395 e. The molecule has 1 unspecified atom stereocenters. The highest BCUT2D eigenvalue weighted by atomic mass is 32.2. The van der Waals surface area contributed by atoms with Crippen molar-refractivity contribution in [2.75, 3.05) is 13.2 Å². The minimum absolute atomic E-state index is 0.107. The second-order valence-electron chi connectivity index (χ2n) is 5.62. The Balaban J connectivity index is 2.41. The Bertz CT molecular complexity index is 548. The summed E-state index contributed by atoms with van der Waals surface area (Å²) in [5.41, 5.74) is 1.89. The monoisotopic (exact) mass is 297 g/mol. The number of rotatable bonds is 3. The standard InChI is InChI=1S/C15H23NO3S/c1-12-8-13(2)10-15(9-12)20(18,19)16-7-5-3-4-6-14(16)11-17/h8-10,14,17H,3-7,11H2,1-2H3. The molecule has 112 valence electrons. The Morgan fingerprint density at radius 2 is 1.80 bits per heavy atom. The third-order valence-electron chi connectivity index (χ3n) is 3.84. The van der Waals surface area contributed by atoms with Crippen LogP contribution in [0.5, 0.6) is 0 Å². The Hall–Kier alpha value is -0.910. The molecule has 1 atom stereocenters. The first-order valence-electron chi connectivity index (χ1n) is 7.16. The lowest BCUT2D eigenvalue weighted by atomic mass is 10.1. The van der Waals surface area contributed by atoms with Gasteiger partial charge in [0.15, 0.2) is 0 Å². The molecule has 1 fully saturated rings. The Morgan fingerprint density at radius 3 is 2.40 bits per heavy atom. The maximum Gasteiger partial charge on any atom is 0.243 e. The summed E-state index contributed by atoms with van der Waals surface area (Å²) < 4.78 is 27.2. The lowest BCUT2D eigenvalue weighted by Gasteiger charge is -2.28. The molecule has 20 heavy (non-hydrogen) atoms. The molecule has 1 aromatic rings. The lowest BCUT2D eigenvalue weighted by Crippen LogP contribution is -2.42. The van der Waals surface area contributed by atoms with E-state index in [0.29, 0.717) is 11.4 Å². The van der Waals surface area contributed by atoms with E-state index in [1.165, 1.54) is 4.31 Å². The number of benzene rings is 1. The van der Waals surface area contributed by atoms with Crippen molar-refractivity contribution in [1.29, 1.82) is 0 Å². The minimum atomic E-state index is -3.52. The predicted molar refractivity (Wildman–Crippen MR) is 79.1 cm³/mol. The van der Waals surface area contributed by atoms with E-state index >= 15 is 0 Å². The van der Waals surface area contributed by atoms with E-state index in [1.54, 1.807) is 12.1 Å². The van der Waals surface area contributed by atoms with E-state index in [1.807, 2.05) is 19.9 Å². The number of nitrogens with zero attached hydrogens (tertiary/aromatic N) is 1. The summed E-state index contributed by atoms with van der Waals surface area (Å²) in [5.74, 6) is 0. The largest absolute Gasteiger partial charge is 0.395 e. The first-order chi connectivity index (χ1) is 9.45. The molecule has 0 spiro atoms. The van der Waals surface area contributed by atoms with Gasteiger partial charge in [0.25, 0.3) is 0 Å². The van der Waals surface area contributed by atoms with Crippen LogP contribution < -0.4 is 0 Å². The fourth-order valence-electron chi connectivity index (χ4n) is 2.87. The van der Waals surface area contributed by atoms with Crippen LogP contribution in [0.3, 0.4) is 0 Å². The summed E-state index contributed by atoms with van der Waals surface area (Å²) >= 11 is 0. The number of aliphatic hydroxyl groups is 1. The Labute approximate surface area is 121 Å². The first kappa shape index (κ1) is 15.5. The topological polar surface area (TPSA) is 57.6 Å². The van der Waals surface area contributed by atoms with Crippen LogP contribution in [0.2, 0.25) is 0 Å². The van der Waals surface area contributed by atoms with Gasteiger partial charge in [0.05, 0.1) is 11.5 Å². The molecule has 1 aliphatic rings. The normalized spacial score (nSPS) is 21.6. The predicted octanol–water partition coefficient (Wildman–Crippen LogP) is 2.23. The van der Waals surface area contributed by atoms with Gasteiger partial charge >= 0.3 is 0 Å². The smallest absolute Gasteiger partial charge is 0.243 e. The maximum absolute atomic E-state index is 12.8. The fourth-order valence-corrected chi connectivity index (χ4v) is 4.74. The molecule has 0 aromatic heterocycles. The van der Waals surface area contributed by atoms with Gasteiger partial charge in [-0.2, -0.15) is 4.31 Å². The highest BCUT2D eigenvalue weighted by Crippen LogP contribution is 2.25. The molecular formula is C15H23NO3S. The van der Waals surface area contributed by atoms with Crippen molar-refractivity contribution >= 4 is 10.0 Å². The van der Waals surface area contributed by atoms with Crippen molar-refractivity contribution in [3.05, 3.63) is 29.3 Å². The third-order valence-corrected chi connectivity index (χ3v) is 5.77. The van der Waals surface area contributed by atoms with Gasteiger partial charge in [0.1, 0.15) is 0 Å². The maximum atomic E-state index is 12.8. The molecule has 1 N–H and O–H groups in total. The van der Waals surface area contributed by atoms with Crippen molar-refractivity contribution in [3.8, 4) is 0 Å². The van der Waals surface area contributed by atoms with Crippen LogP contribution in [-0.4, -0.2) is 37.0 Å². The SMILES string of the molecule is Cc1cc(C)cc(S(=O)(=O)N2CCCCCC2CO)c1. The van der Waals surface area contributed by atoms with E-state index in [2.05, 4.69) is 0 Å². The summed E-state index contributed by atoms with van der Waals surface area (Å²) in [4.78, 5) is 0.343. The molecule has 0 bridgehead atoms. The second kappa shape index (κ2) is 6.24. The second-order valence-corrected chi connectivity index (χ2v) is 7.52.